The highest BCUT2D eigenvalue weighted by molar-refractivity contribution is 5.98. The predicted octanol–water partition coefficient (Wildman–Crippen LogP) is 3.40. The fourth-order valence-electron chi connectivity index (χ4n) is 6.95. The monoisotopic (exact) mass is 475 g/mol. The number of piperidine rings is 1. The van der Waals surface area contributed by atoms with E-state index in [1.807, 2.05) is 0 Å². The summed E-state index contributed by atoms with van der Waals surface area (Å²) in [5.74, 6) is 1.34. The van der Waals surface area contributed by atoms with Crippen molar-refractivity contribution in [3.05, 3.63) is 41.6 Å². The summed E-state index contributed by atoms with van der Waals surface area (Å²) in [5.41, 5.74) is 5.65. The number of carbonyl (C=O) groups excluding carboxylic acids is 1. The number of nitrogens with one attached hydrogen (secondary N) is 1. The molecule has 7 atom stereocenters. The number of rotatable bonds is 6. The van der Waals surface area contributed by atoms with Crippen LogP contribution in [0.2, 0.25) is 0 Å². The number of nitrogens with two attached hydrogens (primary N) is 1. The maximum Gasteiger partial charge on any atom is 0.416 e. The van der Waals surface area contributed by atoms with E-state index in [9.17, 15) is 23.1 Å². The number of fused-ring (bicyclic) bond motifs is 1. The molecule has 5 fully saturated rings. The van der Waals surface area contributed by atoms with Crippen LogP contribution in [0.15, 0.2) is 30.5 Å². The minimum absolute atomic E-state index is 0.106. The Balaban J connectivity index is 1.16. The zero-order valence-electron chi connectivity index (χ0n) is 18.8. The molecular formula is C24H28F3N5O2. The number of benzene rings is 1. The molecule has 2 saturated heterocycles. The number of amides is 1. The average Bonchev–Trinajstić information content (AvgIpc) is 3.34. The maximum atomic E-state index is 12.8. The number of aromatic nitrogens is 2. The van der Waals surface area contributed by atoms with Gasteiger partial charge in [0.1, 0.15) is 5.56 Å². The summed E-state index contributed by atoms with van der Waals surface area (Å²) in [6.07, 6.45) is 0.197. The Morgan fingerprint density at radius 2 is 2.03 bits per heavy atom. The van der Waals surface area contributed by atoms with Gasteiger partial charge >= 0.3 is 6.18 Å². The summed E-state index contributed by atoms with van der Waals surface area (Å²) in [4.78, 5) is 14.7. The Morgan fingerprint density at radius 3 is 2.59 bits per heavy atom. The Hall–Kier alpha value is -2.59. The molecule has 2 aliphatic heterocycles. The van der Waals surface area contributed by atoms with Crippen molar-refractivity contribution < 1.29 is 23.1 Å². The normalized spacial score (nSPS) is 36.3. The molecule has 0 radical (unpaired) electrons. The van der Waals surface area contributed by atoms with E-state index in [0.717, 1.165) is 37.9 Å². The topological polar surface area (TPSA) is 96.4 Å². The molecule has 7 nitrogen and oxygen atoms in total. The third-order valence-electron chi connectivity index (χ3n) is 8.83. The van der Waals surface area contributed by atoms with Crippen molar-refractivity contribution in [2.45, 2.75) is 50.5 Å². The fraction of sp³-hybridized carbons (Fsp3) is 0.583. The maximum absolute atomic E-state index is 12.8. The first-order chi connectivity index (χ1) is 16.1. The second kappa shape index (κ2) is 7.21. The standard InChI is InChI=1S/C24H28F3N5O2/c1-12-8-15(31-10-17-19-20(31)23(17,19)11-33)6-7-18(12)32-9-16(21(28)34)22(30-32)29-14-4-2-13(3-5-14)24(25,26)27/h2-5,9,12,15,17-20,33H,6-8,10-11H2,1H3,(H2,28,34)(H,29,30)/t12-,15-,17?,18-,19+,20?,23-/m0/s1. The molecule has 2 unspecified atom stereocenters. The lowest BCUT2D eigenvalue weighted by molar-refractivity contribution is -0.137. The van der Waals surface area contributed by atoms with Gasteiger partial charge in [0, 0.05) is 35.9 Å². The summed E-state index contributed by atoms with van der Waals surface area (Å²) in [7, 11) is 0. The van der Waals surface area contributed by atoms with E-state index in [2.05, 4.69) is 22.2 Å². The van der Waals surface area contributed by atoms with Crippen LogP contribution in [0.4, 0.5) is 24.7 Å². The quantitative estimate of drug-likeness (QED) is 0.595. The van der Waals surface area contributed by atoms with Crippen LogP contribution in [-0.2, 0) is 6.18 Å². The molecule has 3 aliphatic carbocycles. The number of hydrogen-bond acceptors (Lipinski definition) is 5. The van der Waals surface area contributed by atoms with Gasteiger partial charge in [0.2, 0.25) is 0 Å². The van der Waals surface area contributed by atoms with E-state index in [0.29, 0.717) is 42.1 Å². The van der Waals surface area contributed by atoms with E-state index in [1.165, 1.54) is 12.1 Å². The molecule has 1 aromatic carbocycles. The van der Waals surface area contributed by atoms with Crippen molar-refractivity contribution in [2.24, 2.45) is 28.9 Å². The van der Waals surface area contributed by atoms with E-state index in [4.69, 9.17) is 5.73 Å². The number of anilines is 2. The van der Waals surface area contributed by atoms with E-state index in [-0.39, 0.29) is 22.8 Å². The summed E-state index contributed by atoms with van der Waals surface area (Å²) < 4.78 is 40.3. The molecule has 2 bridgehead atoms. The van der Waals surface area contributed by atoms with Crippen molar-refractivity contribution in [1.29, 1.82) is 0 Å². The van der Waals surface area contributed by atoms with Gasteiger partial charge in [0.15, 0.2) is 5.82 Å². The Kier molecular flexibility index (Phi) is 4.64. The number of hydrogen-bond donors (Lipinski definition) is 3. The van der Waals surface area contributed by atoms with Gasteiger partial charge in [-0.3, -0.25) is 14.4 Å². The molecule has 2 aromatic rings. The summed E-state index contributed by atoms with van der Waals surface area (Å²) >= 11 is 0. The van der Waals surface area contributed by atoms with Gasteiger partial charge in [0.25, 0.3) is 5.91 Å². The average molecular weight is 476 g/mol. The molecule has 3 saturated carbocycles. The van der Waals surface area contributed by atoms with Crippen LogP contribution in [0.25, 0.3) is 0 Å². The molecule has 1 aromatic heterocycles. The van der Waals surface area contributed by atoms with E-state index >= 15 is 0 Å². The molecular weight excluding hydrogens is 447 g/mol. The number of aliphatic hydroxyl groups is 1. The van der Waals surface area contributed by atoms with Crippen LogP contribution in [-0.4, -0.2) is 50.9 Å². The lowest BCUT2D eigenvalue weighted by atomic mass is 9.82. The van der Waals surface area contributed by atoms with Crippen molar-refractivity contribution in [3.63, 3.8) is 0 Å². The number of alkyl halides is 3. The van der Waals surface area contributed by atoms with Gasteiger partial charge in [-0.05, 0) is 61.3 Å². The number of halogens is 3. The van der Waals surface area contributed by atoms with Crippen LogP contribution in [0.1, 0.15) is 48.1 Å². The largest absolute Gasteiger partial charge is 0.416 e. The zero-order valence-corrected chi connectivity index (χ0v) is 18.8. The first-order valence-electron chi connectivity index (χ1n) is 11.8. The number of carbonyl (C=O) groups is 1. The zero-order chi connectivity index (χ0) is 24.0. The van der Waals surface area contributed by atoms with Crippen LogP contribution in [0.5, 0.6) is 0 Å². The number of primary amides is 1. The summed E-state index contributed by atoms with van der Waals surface area (Å²) in [6.45, 7) is 3.61. The third-order valence-corrected chi connectivity index (χ3v) is 8.83. The van der Waals surface area contributed by atoms with Gasteiger partial charge in [-0.2, -0.15) is 18.3 Å². The summed E-state index contributed by atoms with van der Waals surface area (Å²) in [6, 6.07) is 5.77. The third kappa shape index (κ3) is 3.11. The second-order valence-corrected chi connectivity index (χ2v) is 10.5. The first-order valence-corrected chi connectivity index (χ1v) is 11.8. The smallest absolute Gasteiger partial charge is 0.396 e. The van der Waals surface area contributed by atoms with Crippen molar-refractivity contribution in [1.82, 2.24) is 14.7 Å². The van der Waals surface area contributed by atoms with Crippen LogP contribution >= 0.6 is 0 Å². The lowest BCUT2D eigenvalue weighted by Crippen LogP contribution is -2.41. The molecule has 1 amide bonds. The molecule has 7 rings (SSSR count). The highest BCUT2D eigenvalue weighted by Gasteiger charge is 2.91. The van der Waals surface area contributed by atoms with E-state index in [1.54, 1.807) is 10.9 Å². The van der Waals surface area contributed by atoms with E-state index < -0.39 is 17.6 Å². The highest BCUT2D eigenvalue weighted by atomic mass is 19.4. The van der Waals surface area contributed by atoms with Crippen LogP contribution < -0.4 is 11.1 Å². The molecule has 34 heavy (non-hydrogen) atoms. The van der Waals surface area contributed by atoms with Crippen molar-refractivity contribution in [3.8, 4) is 0 Å². The number of aliphatic hydroxyl groups excluding tert-OH is 1. The van der Waals surface area contributed by atoms with Gasteiger partial charge < -0.3 is 16.2 Å². The highest BCUT2D eigenvalue weighted by Crippen LogP contribution is 2.85. The van der Waals surface area contributed by atoms with Gasteiger partial charge in [-0.1, -0.05) is 6.92 Å². The Bertz CT molecular complexity index is 1130. The molecule has 0 spiro atoms. The Labute approximate surface area is 195 Å². The van der Waals surface area contributed by atoms with Gasteiger partial charge in [-0.15, -0.1) is 0 Å². The van der Waals surface area contributed by atoms with Gasteiger partial charge in [0.05, 0.1) is 18.2 Å². The van der Waals surface area contributed by atoms with Gasteiger partial charge in [-0.25, -0.2) is 0 Å². The number of nitrogens with zero attached hydrogens (tertiary/aromatic N) is 3. The van der Waals surface area contributed by atoms with Crippen LogP contribution in [0.3, 0.4) is 0 Å². The minimum Gasteiger partial charge on any atom is -0.396 e. The summed E-state index contributed by atoms with van der Waals surface area (Å²) in [5, 5.41) is 17.3. The SMILES string of the molecule is C[C@H]1C[C@@H](N2CC3[C@@H]4C2[C@@]34CO)CC[C@@H]1n1cc(C(N)=O)c(Nc2ccc(C(F)(F)F)cc2)n1. The predicted molar refractivity (Wildman–Crippen MR) is 118 cm³/mol. The lowest BCUT2D eigenvalue weighted by Gasteiger charge is -2.39. The first kappa shape index (κ1) is 21.9. The molecule has 5 aliphatic rings. The second-order valence-electron chi connectivity index (χ2n) is 10.5. The molecule has 4 N–H and O–H groups in total. The molecule has 10 heteroatoms. The Morgan fingerprint density at radius 1 is 1.29 bits per heavy atom. The fourth-order valence-corrected chi connectivity index (χ4v) is 6.95. The van der Waals surface area contributed by atoms with Crippen molar-refractivity contribution >= 4 is 17.4 Å². The molecule has 182 valence electrons. The van der Waals surface area contributed by atoms with Crippen molar-refractivity contribution in [2.75, 3.05) is 18.5 Å². The molecule has 3 heterocycles. The minimum atomic E-state index is -4.41. The van der Waals surface area contributed by atoms with Crippen LogP contribution in [0, 0.1) is 23.2 Å².